The van der Waals surface area contributed by atoms with Crippen molar-refractivity contribution in [2.75, 3.05) is 6.54 Å². The fourth-order valence-electron chi connectivity index (χ4n) is 2.83. The topological polar surface area (TPSA) is 55.1 Å². The van der Waals surface area contributed by atoms with Crippen molar-refractivity contribution in [1.29, 1.82) is 0 Å². The van der Waals surface area contributed by atoms with Crippen molar-refractivity contribution in [2.45, 2.75) is 71.0 Å². The lowest BCUT2D eigenvalue weighted by molar-refractivity contribution is -0.182. The summed E-state index contributed by atoms with van der Waals surface area (Å²) in [4.78, 5) is 11.9. The Morgan fingerprint density at radius 2 is 1.71 bits per heavy atom. The van der Waals surface area contributed by atoms with Gasteiger partial charge < -0.3 is 11.1 Å². The van der Waals surface area contributed by atoms with Gasteiger partial charge in [0.1, 0.15) is 0 Å². The summed E-state index contributed by atoms with van der Waals surface area (Å²) < 4.78 is 37.7. The van der Waals surface area contributed by atoms with E-state index < -0.39 is 12.1 Å². The second-order valence-corrected chi connectivity index (χ2v) is 6.86. The molecule has 1 aliphatic carbocycles. The van der Waals surface area contributed by atoms with Crippen LogP contribution in [-0.2, 0) is 4.79 Å². The van der Waals surface area contributed by atoms with Crippen LogP contribution in [0.1, 0.15) is 58.8 Å². The first-order valence-corrected chi connectivity index (χ1v) is 7.70. The molecule has 6 heteroatoms. The molecular formula is C15H27F3N2O. The van der Waals surface area contributed by atoms with Crippen LogP contribution in [0, 0.1) is 11.3 Å². The van der Waals surface area contributed by atoms with E-state index in [1.165, 1.54) is 0 Å². The average molecular weight is 308 g/mol. The fraction of sp³-hybridized carbons (Fsp3) is 0.933. The Hall–Kier alpha value is -0.780. The number of carbonyl (C=O) groups is 1. The van der Waals surface area contributed by atoms with Crippen LogP contribution in [0.2, 0.25) is 0 Å². The minimum atomic E-state index is -4.10. The van der Waals surface area contributed by atoms with Crippen molar-refractivity contribution >= 4 is 5.91 Å². The van der Waals surface area contributed by atoms with Gasteiger partial charge in [-0.2, -0.15) is 13.2 Å². The van der Waals surface area contributed by atoms with Crippen LogP contribution in [0.25, 0.3) is 0 Å². The Bertz CT molecular complexity index is 334. The summed E-state index contributed by atoms with van der Waals surface area (Å²) in [5.74, 6) is -1.26. The van der Waals surface area contributed by atoms with Gasteiger partial charge in [0.2, 0.25) is 5.91 Å². The molecule has 124 valence electrons. The number of nitrogens with one attached hydrogen (secondary N) is 1. The first kappa shape index (κ1) is 18.3. The van der Waals surface area contributed by atoms with E-state index in [1.54, 1.807) is 0 Å². The van der Waals surface area contributed by atoms with Crippen molar-refractivity contribution in [3.63, 3.8) is 0 Å². The quantitative estimate of drug-likeness (QED) is 0.790. The van der Waals surface area contributed by atoms with E-state index in [0.29, 0.717) is 25.8 Å². The molecule has 1 amide bonds. The maximum Gasteiger partial charge on any atom is 0.391 e. The summed E-state index contributed by atoms with van der Waals surface area (Å²) in [5.41, 5.74) is 5.55. The lowest BCUT2D eigenvalue weighted by Crippen LogP contribution is -2.40. The average Bonchev–Trinajstić information content (AvgIpc) is 2.36. The van der Waals surface area contributed by atoms with Crippen LogP contribution in [0.4, 0.5) is 13.2 Å². The minimum Gasteiger partial charge on any atom is -0.353 e. The molecule has 0 unspecified atom stereocenters. The van der Waals surface area contributed by atoms with Gasteiger partial charge in [0.25, 0.3) is 0 Å². The number of amides is 1. The summed E-state index contributed by atoms with van der Waals surface area (Å²) >= 11 is 0. The highest BCUT2D eigenvalue weighted by atomic mass is 19.4. The van der Waals surface area contributed by atoms with E-state index in [9.17, 15) is 18.0 Å². The molecule has 0 aromatic heterocycles. The van der Waals surface area contributed by atoms with Gasteiger partial charge >= 0.3 is 6.18 Å². The summed E-state index contributed by atoms with van der Waals surface area (Å²) in [6, 6.07) is -0.103. The third-order valence-electron chi connectivity index (χ3n) is 4.41. The van der Waals surface area contributed by atoms with Crippen molar-refractivity contribution in [2.24, 2.45) is 17.1 Å². The van der Waals surface area contributed by atoms with E-state index in [0.717, 1.165) is 12.8 Å². The predicted octanol–water partition coefficient (Wildman–Crippen LogP) is 3.38. The molecule has 3 nitrogen and oxygen atoms in total. The van der Waals surface area contributed by atoms with Crippen molar-refractivity contribution < 1.29 is 18.0 Å². The Labute approximate surface area is 124 Å². The molecule has 0 atom stereocenters. The molecule has 0 heterocycles. The third kappa shape index (κ3) is 6.68. The Morgan fingerprint density at radius 1 is 1.14 bits per heavy atom. The molecule has 0 bridgehead atoms. The maximum absolute atomic E-state index is 12.6. The minimum absolute atomic E-state index is 0.0278. The summed E-state index contributed by atoms with van der Waals surface area (Å²) in [6.07, 6.45) is -1.01. The highest BCUT2D eigenvalue weighted by molar-refractivity contribution is 5.76. The van der Waals surface area contributed by atoms with E-state index in [4.69, 9.17) is 5.73 Å². The SMILES string of the molecule is CC(C)(CCN)CCC(=O)NC1CCC(C(F)(F)F)CC1. The zero-order valence-corrected chi connectivity index (χ0v) is 12.9. The zero-order chi connectivity index (χ0) is 16.1. The third-order valence-corrected chi connectivity index (χ3v) is 4.41. The number of alkyl halides is 3. The Morgan fingerprint density at radius 3 is 2.19 bits per heavy atom. The van der Waals surface area contributed by atoms with E-state index in [-0.39, 0.29) is 30.2 Å². The van der Waals surface area contributed by atoms with Gasteiger partial charge in [-0.25, -0.2) is 0 Å². The van der Waals surface area contributed by atoms with Gasteiger partial charge in [0.05, 0.1) is 5.92 Å². The number of hydrogen-bond donors (Lipinski definition) is 2. The van der Waals surface area contributed by atoms with Crippen LogP contribution < -0.4 is 11.1 Å². The van der Waals surface area contributed by atoms with Gasteiger partial charge in [0, 0.05) is 12.5 Å². The first-order chi connectivity index (χ1) is 9.64. The van der Waals surface area contributed by atoms with Gasteiger partial charge in [-0.3, -0.25) is 4.79 Å². The molecule has 1 saturated carbocycles. The lowest BCUT2D eigenvalue weighted by Gasteiger charge is -2.30. The molecule has 0 saturated heterocycles. The monoisotopic (exact) mass is 308 g/mol. The van der Waals surface area contributed by atoms with Crippen molar-refractivity contribution in [1.82, 2.24) is 5.32 Å². The second-order valence-electron chi connectivity index (χ2n) is 6.86. The van der Waals surface area contributed by atoms with Crippen LogP contribution in [0.5, 0.6) is 0 Å². The summed E-state index contributed by atoms with van der Waals surface area (Å²) in [6.45, 7) is 4.74. The normalized spacial score (nSPS) is 23.9. The molecular weight excluding hydrogens is 281 g/mol. The van der Waals surface area contributed by atoms with E-state index in [1.807, 2.05) is 0 Å². The number of hydrogen-bond acceptors (Lipinski definition) is 2. The molecule has 1 rings (SSSR count). The lowest BCUT2D eigenvalue weighted by atomic mass is 9.83. The molecule has 0 aromatic carbocycles. The van der Waals surface area contributed by atoms with E-state index >= 15 is 0 Å². The Kier molecular flexibility index (Phi) is 6.50. The van der Waals surface area contributed by atoms with Crippen LogP contribution in [0.15, 0.2) is 0 Å². The fourth-order valence-corrected chi connectivity index (χ4v) is 2.83. The summed E-state index contributed by atoms with van der Waals surface area (Å²) in [7, 11) is 0. The molecule has 1 aliphatic rings. The molecule has 3 N–H and O–H groups in total. The van der Waals surface area contributed by atoms with E-state index in [2.05, 4.69) is 19.2 Å². The summed E-state index contributed by atoms with van der Waals surface area (Å²) in [5, 5.41) is 2.87. The first-order valence-electron chi connectivity index (χ1n) is 7.70. The van der Waals surface area contributed by atoms with Gasteiger partial charge in [-0.05, 0) is 50.5 Å². The number of nitrogens with two attached hydrogens (primary N) is 1. The number of carbonyl (C=O) groups excluding carboxylic acids is 1. The standard InChI is InChI=1S/C15H27F3N2O/c1-14(2,9-10-19)8-7-13(21)20-12-5-3-11(4-6-12)15(16,17)18/h11-12H,3-10,19H2,1-2H3,(H,20,21). The van der Waals surface area contributed by atoms with Crippen LogP contribution in [-0.4, -0.2) is 24.7 Å². The van der Waals surface area contributed by atoms with Gasteiger partial charge in [-0.1, -0.05) is 13.8 Å². The predicted molar refractivity (Wildman–Crippen MR) is 76.6 cm³/mol. The largest absolute Gasteiger partial charge is 0.391 e. The molecule has 0 aliphatic heterocycles. The molecule has 21 heavy (non-hydrogen) atoms. The van der Waals surface area contributed by atoms with Crippen molar-refractivity contribution in [3.05, 3.63) is 0 Å². The molecule has 1 fully saturated rings. The zero-order valence-electron chi connectivity index (χ0n) is 12.9. The van der Waals surface area contributed by atoms with Crippen LogP contribution >= 0.6 is 0 Å². The van der Waals surface area contributed by atoms with Crippen molar-refractivity contribution in [3.8, 4) is 0 Å². The molecule has 0 spiro atoms. The van der Waals surface area contributed by atoms with Crippen LogP contribution in [0.3, 0.4) is 0 Å². The maximum atomic E-state index is 12.6. The van der Waals surface area contributed by atoms with Gasteiger partial charge in [-0.15, -0.1) is 0 Å². The number of rotatable bonds is 6. The highest BCUT2D eigenvalue weighted by Gasteiger charge is 2.41. The smallest absolute Gasteiger partial charge is 0.353 e. The second kappa shape index (κ2) is 7.47. The molecule has 0 radical (unpaired) electrons. The number of halogens is 3. The molecule has 0 aromatic rings. The Balaban J connectivity index is 2.28. The van der Waals surface area contributed by atoms with Gasteiger partial charge in [0.15, 0.2) is 0 Å². The highest BCUT2D eigenvalue weighted by Crippen LogP contribution is 2.37.